The molecule has 20 heavy (non-hydrogen) atoms. The van der Waals surface area contributed by atoms with Crippen molar-refractivity contribution in [1.82, 2.24) is 15.6 Å². The van der Waals surface area contributed by atoms with E-state index in [1.165, 1.54) is 6.42 Å². The van der Waals surface area contributed by atoms with Crippen molar-refractivity contribution < 1.29 is 4.79 Å². The molecule has 0 radical (unpaired) electrons. The maximum Gasteiger partial charge on any atom is 0.223 e. The number of piperidine rings is 1. The zero-order valence-corrected chi connectivity index (χ0v) is 13.1. The van der Waals surface area contributed by atoms with Gasteiger partial charge >= 0.3 is 0 Å². The van der Waals surface area contributed by atoms with Crippen LogP contribution in [-0.2, 0) is 10.3 Å². The molecule has 5 heteroatoms. The van der Waals surface area contributed by atoms with Crippen LogP contribution in [0.4, 0.5) is 0 Å². The van der Waals surface area contributed by atoms with Gasteiger partial charge in [0.15, 0.2) is 0 Å². The largest absolute Gasteiger partial charge is 0.344 e. The smallest absolute Gasteiger partial charge is 0.223 e. The van der Waals surface area contributed by atoms with Crippen molar-refractivity contribution in [1.29, 1.82) is 0 Å². The van der Waals surface area contributed by atoms with Crippen molar-refractivity contribution in [2.24, 2.45) is 5.92 Å². The van der Waals surface area contributed by atoms with Crippen LogP contribution in [0.5, 0.6) is 0 Å². The van der Waals surface area contributed by atoms with Gasteiger partial charge in [0.1, 0.15) is 5.01 Å². The number of carbonyl (C=O) groups excluding carboxylic acids is 1. The molecule has 2 heterocycles. The van der Waals surface area contributed by atoms with Crippen LogP contribution in [0.1, 0.15) is 49.7 Å². The molecule has 1 aliphatic carbocycles. The van der Waals surface area contributed by atoms with E-state index in [1.807, 2.05) is 6.92 Å². The number of aryl methyl sites for hydroxylation is 1. The highest BCUT2D eigenvalue weighted by Crippen LogP contribution is 2.42. The molecule has 4 nitrogen and oxygen atoms in total. The first-order valence-corrected chi connectivity index (χ1v) is 8.45. The molecule has 2 atom stereocenters. The van der Waals surface area contributed by atoms with Crippen LogP contribution in [0.3, 0.4) is 0 Å². The molecule has 0 aromatic carbocycles. The number of nitrogens with one attached hydrogen (secondary N) is 2. The van der Waals surface area contributed by atoms with Gasteiger partial charge in [-0.2, -0.15) is 0 Å². The topological polar surface area (TPSA) is 54.0 Å². The van der Waals surface area contributed by atoms with Crippen LogP contribution in [0, 0.1) is 12.8 Å². The van der Waals surface area contributed by atoms with Crippen molar-refractivity contribution in [3.8, 4) is 0 Å². The van der Waals surface area contributed by atoms with E-state index in [-0.39, 0.29) is 17.4 Å². The van der Waals surface area contributed by atoms with Crippen molar-refractivity contribution in [2.75, 3.05) is 6.54 Å². The monoisotopic (exact) mass is 293 g/mol. The average molecular weight is 293 g/mol. The van der Waals surface area contributed by atoms with E-state index < -0.39 is 0 Å². The summed E-state index contributed by atoms with van der Waals surface area (Å²) in [6.45, 7) is 5.12. The minimum absolute atomic E-state index is 0.157. The number of nitrogens with zero attached hydrogens (tertiary/aromatic N) is 1. The first-order valence-electron chi connectivity index (χ1n) is 7.57. The SMILES string of the molecule is Cc1csc(C2(NC(=O)[C@H]3CCN[C@@H](C)C3)CCC2)n1. The van der Waals surface area contributed by atoms with Gasteiger partial charge in [-0.15, -0.1) is 11.3 Å². The Bertz CT molecular complexity index is 495. The molecule has 0 bridgehead atoms. The Labute approximate surface area is 124 Å². The van der Waals surface area contributed by atoms with E-state index in [2.05, 4.69) is 27.9 Å². The molecular formula is C15H23N3OS. The summed E-state index contributed by atoms with van der Waals surface area (Å²) in [4.78, 5) is 17.2. The number of amides is 1. The van der Waals surface area contributed by atoms with Crippen LogP contribution in [-0.4, -0.2) is 23.5 Å². The summed E-state index contributed by atoms with van der Waals surface area (Å²) in [5, 5.41) is 9.90. The van der Waals surface area contributed by atoms with Gasteiger partial charge in [0.25, 0.3) is 0 Å². The number of hydrogen-bond donors (Lipinski definition) is 2. The first-order chi connectivity index (χ1) is 9.59. The quantitative estimate of drug-likeness (QED) is 0.899. The van der Waals surface area contributed by atoms with Gasteiger partial charge in [-0.3, -0.25) is 4.79 Å². The number of aromatic nitrogens is 1. The van der Waals surface area contributed by atoms with E-state index in [4.69, 9.17) is 0 Å². The third kappa shape index (κ3) is 2.61. The molecule has 110 valence electrons. The average Bonchev–Trinajstić information content (AvgIpc) is 2.80. The lowest BCUT2D eigenvalue weighted by Crippen LogP contribution is -2.54. The summed E-state index contributed by atoms with van der Waals surface area (Å²) in [5.74, 6) is 0.385. The highest BCUT2D eigenvalue weighted by molar-refractivity contribution is 7.09. The van der Waals surface area contributed by atoms with Gasteiger partial charge < -0.3 is 10.6 Å². The fourth-order valence-electron chi connectivity index (χ4n) is 3.20. The van der Waals surface area contributed by atoms with Gasteiger partial charge in [-0.25, -0.2) is 4.98 Å². The van der Waals surface area contributed by atoms with E-state index in [0.717, 1.165) is 42.9 Å². The number of hydrogen-bond acceptors (Lipinski definition) is 4. The first kappa shape index (κ1) is 14.0. The van der Waals surface area contributed by atoms with Crippen LogP contribution < -0.4 is 10.6 Å². The summed E-state index contributed by atoms with van der Waals surface area (Å²) < 4.78 is 0. The Hall–Kier alpha value is -0.940. The molecule has 2 aliphatic rings. The Morgan fingerprint density at radius 3 is 2.90 bits per heavy atom. The van der Waals surface area contributed by atoms with Gasteiger partial charge in [0.2, 0.25) is 5.91 Å². The lowest BCUT2D eigenvalue weighted by Gasteiger charge is -2.42. The lowest BCUT2D eigenvalue weighted by atomic mass is 9.76. The third-order valence-corrected chi connectivity index (χ3v) is 5.76. The molecule has 0 unspecified atom stereocenters. The molecular weight excluding hydrogens is 270 g/mol. The fourth-order valence-corrected chi connectivity index (χ4v) is 4.22. The Morgan fingerprint density at radius 1 is 1.55 bits per heavy atom. The van der Waals surface area contributed by atoms with Crippen LogP contribution in [0.2, 0.25) is 0 Å². The zero-order chi connectivity index (χ0) is 14.2. The molecule has 1 amide bonds. The molecule has 1 aliphatic heterocycles. The predicted octanol–water partition coefficient (Wildman–Crippen LogP) is 2.34. The molecule has 0 spiro atoms. The van der Waals surface area contributed by atoms with Crippen molar-refractivity contribution in [3.63, 3.8) is 0 Å². The molecule has 1 aromatic heterocycles. The Kier molecular flexibility index (Phi) is 3.82. The van der Waals surface area contributed by atoms with Gasteiger partial charge in [0, 0.05) is 23.0 Å². The standard InChI is InChI=1S/C15H23N3OS/c1-10-8-12(4-7-16-10)13(19)18-15(5-3-6-15)14-17-11(2)9-20-14/h9-10,12,16H,3-8H2,1-2H3,(H,18,19)/t10-,12-/m0/s1. The molecule has 1 aromatic rings. The van der Waals surface area contributed by atoms with Crippen molar-refractivity contribution >= 4 is 17.2 Å². The fraction of sp³-hybridized carbons (Fsp3) is 0.733. The zero-order valence-electron chi connectivity index (χ0n) is 12.2. The lowest BCUT2D eigenvalue weighted by molar-refractivity contribution is -0.129. The minimum Gasteiger partial charge on any atom is -0.344 e. The third-order valence-electron chi connectivity index (χ3n) is 4.59. The highest BCUT2D eigenvalue weighted by Gasteiger charge is 2.43. The predicted molar refractivity (Wildman–Crippen MR) is 80.7 cm³/mol. The van der Waals surface area contributed by atoms with Gasteiger partial charge in [-0.05, 0) is 52.5 Å². The van der Waals surface area contributed by atoms with E-state index in [0.29, 0.717) is 6.04 Å². The summed E-state index contributed by atoms with van der Waals surface area (Å²) in [5.41, 5.74) is 0.894. The summed E-state index contributed by atoms with van der Waals surface area (Å²) >= 11 is 1.68. The molecule has 2 fully saturated rings. The van der Waals surface area contributed by atoms with Crippen LogP contribution >= 0.6 is 11.3 Å². The number of rotatable bonds is 3. The normalized spacial score (nSPS) is 28.7. The maximum absolute atomic E-state index is 12.6. The van der Waals surface area contributed by atoms with Crippen LogP contribution in [0.25, 0.3) is 0 Å². The molecule has 1 saturated carbocycles. The van der Waals surface area contributed by atoms with E-state index in [9.17, 15) is 4.79 Å². The minimum atomic E-state index is -0.163. The second-order valence-electron chi connectivity index (χ2n) is 6.30. The van der Waals surface area contributed by atoms with Gasteiger partial charge in [-0.1, -0.05) is 0 Å². The molecule has 1 saturated heterocycles. The second kappa shape index (κ2) is 5.45. The maximum atomic E-state index is 12.6. The summed E-state index contributed by atoms with van der Waals surface area (Å²) in [6.07, 6.45) is 5.14. The van der Waals surface area contributed by atoms with Gasteiger partial charge in [0.05, 0.1) is 5.54 Å². The van der Waals surface area contributed by atoms with Crippen molar-refractivity contribution in [3.05, 3.63) is 16.1 Å². The highest BCUT2D eigenvalue weighted by atomic mass is 32.1. The molecule has 2 N–H and O–H groups in total. The van der Waals surface area contributed by atoms with E-state index in [1.54, 1.807) is 11.3 Å². The number of thiazole rings is 1. The van der Waals surface area contributed by atoms with E-state index >= 15 is 0 Å². The number of carbonyl (C=O) groups is 1. The van der Waals surface area contributed by atoms with Crippen molar-refractivity contribution in [2.45, 2.75) is 57.5 Å². The Balaban J connectivity index is 1.70. The second-order valence-corrected chi connectivity index (χ2v) is 7.15. The summed E-state index contributed by atoms with van der Waals surface area (Å²) in [7, 11) is 0. The summed E-state index contributed by atoms with van der Waals surface area (Å²) in [6, 6.07) is 0.443. The Morgan fingerprint density at radius 2 is 2.35 bits per heavy atom. The molecule has 3 rings (SSSR count). The van der Waals surface area contributed by atoms with Crippen LogP contribution in [0.15, 0.2) is 5.38 Å².